The molecule has 1 saturated carbocycles. The number of ether oxygens (including phenoxy) is 2. The lowest BCUT2D eigenvalue weighted by atomic mass is 9.62. The van der Waals surface area contributed by atoms with Crippen LogP contribution in [0.4, 0.5) is 5.69 Å². The van der Waals surface area contributed by atoms with Crippen LogP contribution in [0.2, 0.25) is 5.02 Å². The predicted octanol–water partition coefficient (Wildman–Crippen LogP) is 7.22. The highest BCUT2D eigenvalue weighted by Crippen LogP contribution is 2.50. The molecule has 2 aromatic rings. The van der Waals surface area contributed by atoms with Crippen LogP contribution in [-0.4, -0.2) is 53.6 Å². The lowest BCUT2D eigenvalue weighted by Crippen LogP contribution is -2.54. The van der Waals surface area contributed by atoms with Gasteiger partial charge in [-0.2, -0.15) is 0 Å². The Bertz CT molecular complexity index is 1580. The fourth-order valence-electron chi connectivity index (χ4n) is 8.18. The van der Waals surface area contributed by atoms with Crippen molar-refractivity contribution in [1.82, 2.24) is 4.72 Å². The zero-order valence-corrected chi connectivity index (χ0v) is 29.9. The molecule has 2 aliphatic carbocycles. The molecule has 1 spiro atoms. The van der Waals surface area contributed by atoms with Crippen LogP contribution < -0.4 is 14.4 Å². The van der Waals surface area contributed by atoms with E-state index in [9.17, 15) is 13.8 Å². The molecule has 254 valence electrons. The van der Waals surface area contributed by atoms with E-state index in [0.29, 0.717) is 25.0 Å². The highest BCUT2D eigenvalue weighted by atomic mass is 35.5. The van der Waals surface area contributed by atoms with E-state index in [2.05, 4.69) is 33.9 Å². The Morgan fingerprint density at radius 3 is 2.72 bits per heavy atom. The quantitative estimate of drug-likeness (QED) is 0.344. The number of hydrogen-bond acceptors (Lipinski definition) is 6. The molecule has 2 aliphatic heterocycles. The number of methoxy groups -OCH3 is 1. The summed E-state index contributed by atoms with van der Waals surface area (Å²) in [5.74, 6) is 0.944. The summed E-state index contributed by atoms with van der Waals surface area (Å²) in [7, 11) is 0.158. The first-order valence-corrected chi connectivity index (χ1v) is 18.8. The van der Waals surface area contributed by atoms with Gasteiger partial charge in [-0.1, -0.05) is 50.6 Å². The van der Waals surface area contributed by atoms with Crippen molar-refractivity contribution in [3.8, 4) is 5.75 Å². The number of aryl methyl sites for hydroxylation is 1. The molecule has 1 amide bonds. The standard InChI is InChI=1S/C38H49ClN2O5S/c1-24(2)34(42)20-38(45-5)17-6-8-25(3)26(4)47(44)40-36(43)28-11-15-35-33(19-28)41(21-29-10-13-32(29)38)22-37(23-46-35)16-7-9-27-18-30(39)12-14-31(27)37/h6,11-12,14-15,17-19,24-26,29,32H,7-10,13,16,20-23H2,1-5H3,(H,40,43)/b17-6+/t25?,26?,29?,32?,37-,38-,47?/m0/s1. The number of benzene rings is 2. The van der Waals surface area contributed by atoms with Crippen molar-refractivity contribution in [2.45, 2.75) is 88.9 Å². The third-order valence-corrected chi connectivity index (χ3v) is 13.3. The van der Waals surface area contributed by atoms with E-state index in [4.69, 9.17) is 21.1 Å². The second-order valence-electron chi connectivity index (χ2n) is 14.7. The van der Waals surface area contributed by atoms with E-state index in [0.717, 1.165) is 61.7 Å². The summed E-state index contributed by atoms with van der Waals surface area (Å²) in [4.78, 5) is 29.3. The van der Waals surface area contributed by atoms with Gasteiger partial charge >= 0.3 is 0 Å². The maximum Gasteiger partial charge on any atom is 0.263 e. The molecule has 1 N–H and O–H groups in total. The summed E-state index contributed by atoms with van der Waals surface area (Å²) in [6.45, 7) is 9.86. The van der Waals surface area contributed by atoms with Gasteiger partial charge in [-0.3, -0.25) is 14.3 Å². The number of Topliss-reactive ketones (excluding diaryl/α,β-unsaturated/α-hetero) is 1. The molecule has 0 saturated heterocycles. The summed E-state index contributed by atoms with van der Waals surface area (Å²) < 4.78 is 29.2. The molecule has 47 heavy (non-hydrogen) atoms. The van der Waals surface area contributed by atoms with Crippen LogP contribution >= 0.6 is 11.6 Å². The van der Waals surface area contributed by atoms with Crippen LogP contribution in [-0.2, 0) is 32.4 Å². The molecule has 2 aromatic carbocycles. The lowest BCUT2D eigenvalue weighted by Gasteiger charge is -2.50. The maximum absolute atomic E-state index is 13.5. The van der Waals surface area contributed by atoms with Crippen LogP contribution in [0.25, 0.3) is 0 Å². The number of anilines is 1. The second kappa shape index (κ2) is 13.7. The number of ketones is 1. The minimum atomic E-state index is -1.58. The van der Waals surface area contributed by atoms with E-state index in [1.54, 1.807) is 13.2 Å². The lowest BCUT2D eigenvalue weighted by molar-refractivity contribution is -0.133. The number of carbonyl (C=O) groups excluding carboxylic acids is 2. The van der Waals surface area contributed by atoms with Crippen molar-refractivity contribution < 1.29 is 23.3 Å². The minimum Gasteiger partial charge on any atom is -0.490 e. The number of allylic oxidation sites excluding steroid dienone is 1. The van der Waals surface area contributed by atoms with Crippen LogP contribution in [0.3, 0.4) is 0 Å². The van der Waals surface area contributed by atoms with E-state index in [-0.39, 0.29) is 46.0 Å². The highest BCUT2D eigenvalue weighted by Gasteiger charge is 2.50. The molecule has 0 aromatic heterocycles. The number of nitrogens with zero attached hydrogens (tertiary/aromatic N) is 1. The molecule has 2 bridgehead atoms. The third kappa shape index (κ3) is 6.67. The number of carbonyl (C=O) groups is 2. The number of fused-ring (bicyclic) bond motifs is 4. The van der Waals surface area contributed by atoms with Crippen molar-refractivity contribution in [3.63, 3.8) is 0 Å². The monoisotopic (exact) mass is 680 g/mol. The van der Waals surface area contributed by atoms with E-state index in [1.807, 2.05) is 45.9 Å². The smallest absolute Gasteiger partial charge is 0.263 e. The molecule has 2 heterocycles. The Labute approximate surface area is 287 Å². The van der Waals surface area contributed by atoms with Gasteiger partial charge in [0.15, 0.2) is 0 Å². The molecular weight excluding hydrogens is 632 g/mol. The molecule has 1 fully saturated rings. The normalized spacial score (nSPS) is 33.1. The largest absolute Gasteiger partial charge is 0.490 e. The first kappa shape index (κ1) is 34.2. The first-order valence-electron chi connectivity index (χ1n) is 17.2. The zero-order chi connectivity index (χ0) is 33.5. The topological polar surface area (TPSA) is 84.9 Å². The summed E-state index contributed by atoms with van der Waals surface area (Å²) in [6.07, 6.45) is 10.2. The molecule has 9 heteroatoms. The SMILES string of the molecule is CO[C@]1(CC(=O)C(C)C)/C=C/CC(C)C(C)S(=O)NC(=O)c2ccc3c(c2)N(CC2CCC21)C[C@@]1(CCCc2cc(Cl)ccc21)CO3. The molecule has 7 atom stereocenters. The predicted molar refractivity (Wildman–Crippen MR) is 189 cm³/mol. The van der Waals surface area contributed by atoms with Crippen molar-refractivity contribution in [2.75, 3.05) is 31.7 Å². The fraction of sp³-hybridized carbons (Fsp3) is 0.579. The second-order valence-corrected chi connectivity index (χ2v) is 16.7. The first-order chi connectivity index (χ1) is 22.4. The van der Waals surface area contributed by atoms with Gasteiger partial charge in [0.05, 0.1) is 23.1 Å². The average Bonchev–Trinajstić information content (AvgIpc) is 3.18. The van der Waals surface area contributed by atoms with E-state index >= 15 is 0 Å². The molecule has 0 radical (unpaired) electrons. The Balaban J connectivity index is 1.45. The molecule has 6 rings (SSSR count). The highest BCUT2D eigenvalue weighted by molar-refractivity contribution is 7.84. The fourth-order valence-corrected chi connectivity index (χ4v) is 9.39. The van der Waals surface area contributed by atoms with E-state index in [1.165, 1.54) is 11.1 Å². The van der Waals surface area contributed by atoms with Gasteiger partial charge < -0.3 is 14.4 Å². The van der Waals surface area contributed by atoms with Crippen molar-refractivity contribution >= 4 is 40.0 Å². The Morgan fingerprint density at radius 1 is 1.19 bits per heavy atom. The zero-order valence-electron chi connectivity index (χ0n) is 28.4. The summed E-state index contributed by atoms with van der Waals surface area (Å²) in [5.41, 5.74) is 2.91. The van der Waals surface area contributed by atoms with Crippen molar-refractivity contribution in [3.05, 3.63) is 70.3 Å². The number of halogens is 1. The molecule has 4 aliphatic rings. The number of nitrogens with one attached hydrogen (secondary N) is 1. The number of rotatable bonds is 4. The van der Waals surface area contributed by atoms with Gasteiger partial charge in [-0.05, 0) is 105 Å². The molecular formula is C38H49ClN2O5S. The van der Waals surface area contributed by atoms with Crippen LogP contribution in [0, 0.1) is 23.7 Å². The Morgan fingerprint density at radius 2 is 2.00 bits per heavy atom. The molecule has 7 nitrogen and oxygen atoms in total. The number of amides is 1. The van der Waals surface area contributed by atoms with Crippen LogP contribution in [0.1, 0.15) is 87.7 Å². The number of hydrogen-bond donors (Lipinski definition) is 1. The van der Waals surface area contributed by atoms with E-state index < -0.39 is 16.6 Å². The van der Waals surface area contributed by atoms with Gasteiger partial charge in [0, 0.05) is 48.5 Å². The maximum atomic E-state index is 13.5. The summed E-state index contributed by atoms with van der Waals surface area (Å²) in [6, 6.07) is 11.8. The molecule has 5 unspecified atom stereocenters. The average molecular weight is 681 g/mol. The van der Waals surface area contributed by atoms with Gasteiger partial charge in [0.2, 0.25) is 0 Å². The van der Waals surface area contributed by atoms with Gasteiger partial charge in [0.1, 0.15) is 22.5 Å². The summed E-state index contributed by atoms with van der Waals surface area (Å²) in [5, 5.41) is 0.472. The third-order valence-electron chi connectivity index (χ3n) is 11.5. The summed E-state index contributed by atoms with van der Waals surface area (Å²) >= 11 is 6.46. The van der Waals surface area contributed by atoms with Crippen molar-refractivity contribution in [2.24, 2.45) is 23.7 Å². The van der Waals surface area contributed by atoms with Crippen molar-refractivity contribution in [1.29, 1.82) is 0 Å². The van der Waals surface area contributed by atoms with Crippen LogP contribution in [0.5, 0.6) is 5.75 Å². The van der Waals surface area contributed by atoms with Gasteiger partial charge in [-0.25, -0.2) is 4.21 Å². The minimum absolute atomic E-state index is 0.0354. The van der Waals surface area contributed by atoms with Gasteiger partial charge in [-0.15, -0.1) is 0 Å². The van der Waals surface area contributed by atoms with Gasteiger partial charge in [0.25, 0.3) is 5.91 Å². The Hall–Kier alpha value is -2.68. The van der Waals surface area contributed by atoms with Crippen LogP contribution in [0.15, 0.2) is 48.6 Å². The Kier molecular flexibility index (Phi) is 9.95.